The zero-order chi connectivity index (χ0) is 15.3. The average Bonchev–Trinajstić information content (AvgIpc) is 3.16. The Labute approximate surface area is 126 Å². The molecule has 3 aromatic rings. The Morgan fingerprint density at radius 1 is 1.27 bits per heavy atom. The summed E-state index contributed by atoms with van der Waals surface area (Å²) in [5, 5.41) is 2.88. The highest BCUT2D eigenvalue weighted by Crippen LogP contribution is 2.38. The van der Waals surface area contributed by atoms with Crippen LogP contribution >= 0.6 is 0 Å². The van der Waals surface area contributed by atoms with E-state index in [0.717, 1.165) is 33.8 Å². The van der Waals surface area contributed by atoms with Crippen molar-refractivity contribution in [2.45, 2.75) is 6.92 Å². The predicted octanol–water partition coefficient (Wildman–Crippen LogP) is 2.70. The van der Waals surface area contributed by atoms with E-state index in [4.69, 9.17) is 4.74 Å². The fraction of sp³-hybridized carbons (Fsp3) is 0.125. The third kappa shape index (κ3) is 1.74. The first-order chi connectivity index (χ1) is 10.7. The molecule has 0 atom stereocenters. The summed E-state index contributed by atoms with van der Waals surface area (Å²) < 4.78 is 5.28. The number of aromatic nitrogens is 3. The minimum Gasteiger partial charge on any atom is -0.495 e. The summed E-state index contributed by atoms with van der Waals surface area (Å²) in [6.07, 6.45) is 3.57. The van der Waals surface area contributed by atoms with E-state index in [0.29, 0.717) is 11.3 Å². The van der Waals surface area contributed by atoms with Gasteiger partial charge in [0.1, 0.15) is 11.6 Å². The van der Waals surface area contributed by atoms with E-state index in [9.17, 15) is 4.79 Å². The first kappa shape index (κ1) is 12.7. The third-order valence-corrected chi connectivity index (χ3v) is 3.78. The normalized spacial score (nSPS) is 15.4. The number of carbonyl (C=O) groups excluding carboxylic acids is 1. The van der Waals surface area contributed by atoms with Gasteiger partial charge in [-0.05, 0) is 31.2 Å². The van der Waals surface area contributed by atoms with Crippen molar-refractivity contribution in [2.75, 3.05) is 12.4 Å². The molecule has 0 radical (unpaired) electrons. The largest absolute Gasteiger partial charge is 0.495 e. The highest BCUT2D eigenvalue weighted by Gasteiger charge is 2.28. The SMILES string of the molecule is COc1cc[nH]c1/C=C1/C(=O)Nc2ccc3[nH]c(C)nc3c21. The third-order valence-electron chi connectivity index (χ3n) is 3.78. The quantitative estimate of drug-likeness (QED) is 0.635. The second-order valence-electron chi connectivity index (χ2n) is 5.18. The van der Waals surface area contributed by atoms with Crippen LogP contribution in [-0.4, -0.2) is 28.0 Å². The van der Waals surface area contributed by atoms with Gasteiger partial charge < -0.3 is 20.0 Å². The number of hydrogen-bond donors (Lipinski definition) is 3. The van der Waals surface area contributed by atoms with Gasteiger partial charge in [-0.2, -0.15) is 0 Å². The van der Waals surface area contributed by atoms with Gasteiger partial charge in [0, 0.05) is 11.8 Å². The highest BCUT2D eigenvalue weighted by molar-refractivity contribution is 6.37. The number of methoxy groups -OCH3 is 1. The lowest BCUT2D eigenvalue weighted by Gasteiger charge is -2.01. The number of anilines is 1. The van der Waals surface area contributed by atoms with Crippen LogP contribution < -0.4 is 10.1 Å². The monoisotopic (exact) mass is 294 g/mol. The summed E-state index contributed by atoms with van der Waals surface area (Å²) in [5.41, 5.74) is 4.64. The van der Waals surface area contributed by atoms with E-state index < -0.39 is 0 Å². The van der Waals surface area contributed by atoms with Gasteiger partial charge in [-0.3, -0.25) is 4.79 Å². The molecule has 110 valence electrons. The minimum absolute atomic E-state index is 0.139. The smallest absolute Gasteiger partial charge is 0.256 e. The number of aryl methyl sites for hydroxylation is 1. The molecule has 2 aromatic heterocycles. The number of hydrogen-bond acceptors (Lipinski definition) is 3. The molecule has 1 aliphatic heterocycles. The van der Waals surface area contributed by atoms with Crippen molar-refractivity contribution < 1.29 is 9.53 Å². The number of ether oxygens (including phenoxy) is 1. The van der Waals surface area contributed by atoms with Crippen LogP contribution in [0.25, 0.3) is 22.7 Å². The van der Waals surface area contributed by atoms with Crippen LogP contribution in [0.15, 0.2) is 24.4 Å². The molecular weight excluding hydrogens is 280 g/mol. The average molecular weight is 294 g/mol. The first-order valence-electron chi connectivity index (χ1n) is 6.91. The second-order valence-corrected chi connectivity index (χ2v) is 5.18. The van der Waals surface area contributed by atoms with Crippen molar-refractivity contribution in [2.24, 2.45) is 0 Å². The molecule has 3 heterocycles. The number of aromatic amines is 2. The number of amides is 1. The molecule has 0 bridgehead atoms. The van der Waals surface area contributed by atoms with Crippen molar-refractivity contribution in [3.8, 4) is 5.75 Å². The van der Waals surface area contributed by atoms with Gasteiger partial charge in [-0.1, -0.05) is 0 Å². The molecule has 6 nitrogen and oxygen atoms in total. The summed E-state index contributed by atoms with van der Waals surface area (Å²) in [6, 6.07) is 5.63. The highest BCUT2D eigenvalue weighted by atomic mass is 16.5. The number of carbonyl (C=O) groups is 1. The Balaban J connectivity index is 1.96. The number of nitrogens with one attached hydrogen (secondary N) is 3. The maximum atomic E-state index is 12.3. The molecule has 6 heteroatoms. The molecule has 0 saturated heterocycles. The van der Waals surface area contributed by atoms with Gasteiger partial charge >= 0.3 is 0 Å². The maximum Gasteiger partial charge on any atom is 0.256 e. The van der Waals surface area contributed by atoms with Crippen LogP contribution in [0, 0.1) is 6.92 Å². The lowest BCUT2D eigenvalue weighted by Crippen LogP contribution is -2.03. The van der Waals surface area contributed by atoms with Crippen LogP contribution in [0.3, 0.4) is 0 Å². The van der Waals surface area contributed by atoms with Crippen molar-refractivity contribution >= 4 is 34.3 Å². The van der Waals surface area contributed by atoms with Crippen LogP contribution in [0.2, 0.25) is 0 Å². The Morgan fingerprint density at radius 3 is 2.95 bits per heavy atom. The molecule has 1 aliphatic rings. The maximum absolute atomic E-state index is 12.3. The molecule has 22 heavy (non-hydrogen) atoms. The number of benzene rings is 1. The molecule has 4 rings (SSSR count). The zero-order valence-electron chi connectivity index (χ0n) is 12.2. The van der Waals surface area contributed by atoms with Gasteiger partial charge in [-0.15, -0.1) is 0 Å². The number of nitrogens with zero attached hydrogens (tertiary/aromatic N) is 1. The van der Waals surface area contributed by atoms with E-state index in [1.165, 1.54) is 0 Å². The molecule has 0 unspecified atom stereocenters. The molecular formula is C16H14N4O2. The second kappa shape index (κ2) is 4.49. The van der Waals surface area contributed by atoms with Gasteiger partial charge in [0.2, 0.25) is 0 Å². The fourth-order valence-electron chi connectivity index (χ4n) is 2.82. The summed E-state index contributed by atoms with van der Waals surface area (Å²) in [4.78, 5) is 23.1. The predicted molar refractivity (Wildman–Crippen MR) is 84.7 cm³/mol. The first-order valence-corrected chi connectivity index (χ1v) is 6.91. The molecule has 1 aromatic carbocycles. The van der Waals surface area contributed by atoms with Crippen molar-refractivity contribution in [3.63, 3.8) is 0 Å². The van der Waals surface area contributed by atoms with Crippen LogP contribution in [0.1, 0.15) is 17.1 Å². The Hall–Kier alpha value is -3.02. The number of imidazole rings is 1. The molecule has 0 aliphatic carbocycles. The van der Waals surface area contributed by atoms with Gasteiger partial charge in [0.25, 0.3) is 5.91 Å². The molecule has 1 amide bonds. The molecule has 3 N–H and O–H groups in total. The van der Waals surface area contributed by atoms with Gasteiger partial charge in [0.05, 0.1) is 35.1 Å². The summed E-state index contributed by atoms with van der Waals surface area (Å²) >= 11 is 0. The molecule has 0 saturated carbocycles. The molecule has 0 fully saturated rings. The Kier molecular flexibility index (Phi) is 2.59. The lowest BCUT2D eigenvalue weighted by atomic mass is 10.0. The summed E-state index contributed by atoms with van der Waals surface area (Å²) in [7, 11) is 1.60. The lowest BCUT2D eigenvalue weighted by molar-refractivity contribution is -0.110. The van der Waals surface area contributed by atoms with E-state index in [-0.39, 0.29) is 5.91 Å². The van der Waals surface area contributed by atoms with Crippen molar-refractivity contribution in [3.05, 3.63) is 41.5 Å². The standard InChI is InChI=1S/C16H14N4O2/c1-8-18-11-4-3-10-14(15(11)19-8)9(16(21)20-10)7-12-13(22-2)5-6-17-12/h3-7,17H,1-2H3,(H,18,19)(H,20,21)/b9-7+. The van der Waals surface area contributed by atoms with E-state index in [1.807, 2.05) is 25.1 Å². The number of rotatable bonds is 2. The van der Waals surface area contributed by atoms with E-state index in [2.05, 4.69) is 20.3 Å². The Bertz CT molecular complexity index is 933. The van der Waals surface area contributed by atoms with Gasteiger partial charge in [0.15, 0.2) is 0 Å². The van der Waals surface area contributed by atoms with Crippen LogP contribution in [-0.2, 0) is 4.79 Å². The fourth-order valence-corrected chi connectivity index (χ4v) is 2.82. The number of fused-ring (bicyclic) bond motifs is 3. The topological polar surface area (TPSA) is 82.8 Å². The van der Waals surface area contributed by atoms with Crippen LogP contribution in [0.4, 0.5) is 5.69 Å². The minimum atomic E-state index is -0.139. The Morgan fingerprint density at radius 2 is 2.14 bits per heavy atom. The molecule has 0 spiro atoms. The van der Waals surface area contributed by atoms with Crippen molar-refractivity contribution in [1.29, 1.82) is 0 Å². The summed E-state index contributed by atoms with van der Waals surface area (Å²) in [5.74, 6) is 1.37. The van der Waals surface area contributed by atoms with Crippen LogP contribution in [0.5, 0.6) is 5.75 Å². The van der Waals surface area contributed by atoms with E-state index in [1.54, 1.807) is 19.4 Å². The number of H-pyrrole nitrogens is 2. The zero-order valence-corrected chi connectivity index (χ0v) is 12.2. The van der Waals surface area contributed by atoms with Gasteiger partial charge in [-0.25, -0.2) is 4.98 Å². The van der Waals surface area contributed by atoms with E-state index >= 15 is 0 Å². The van der Waals surface area contributed by atoms with Crippen molar-refractivity contribution in [1.82, 2.24) is 15.0 Å². The summed E-state index contributed by atoms with van der Waals surface area (Å²) in [6.45, 7) is 1.90.